The molecule has 0 aliphatic heterocycles. The number of nitro benzene ring substituents is 1. The van der Waals surface area contributed by atoms with E-state index in [2.05, 4.69) is 36.3 Å². The van der Waals surface area contributed by atoms with E-state index < -0.39 is 10.5 Å². The van der Waals surface area contributed by atoms with Gasteiger partial charge in [-0.3, -0.25) is 14.9 Å². The average molecular weight is 475 g/mol. The van der Waals surface area contributed by atoms with Gasteiger partial charge in [0.15, 0.2) is 5.82 Å². The Labute approximate surface area is 203 Å². The Balaban J connectivity index is 1.95. The first kappa shape index (κ1) is 24.1. The van der Waals surface area contributed by atoms with E-state index in [1.54, 1.807) is 6.07 Å². The maximum Gasteiger partial charge on any atom is 0.279 e. The molecule has 0 aliphatic carbocycles. The summed E-state index contributed by atoms with van der Waals surface area (Å²) in [7, 11) is 0. The summed E-state index contributed by atoms with van der Waals surface area (Å²) in [6.45, 7) is 14.4. The van der Waals surface area contributed by atoms with Crippen LogP contribution < -0.4 is 10.9 Å². The zero-order chi connectivity index (χ0) is 25.7. The van der Waals surface area contributed by atoms with Crippen molar-refractivity contribution >= 4 is 28.1 Å². The molecule has 9 nitrogen and oxygen atoms in total. The summed E-state index contributed by atoms with van der Waals surface area (Å²) in [4.78, 5) is 24.4. The van der Waals surface area contributed by atoms with E-state index in [1.165, 1.54) is 16.8 Å². The van der Waals surface area contributed by atoms with Gasteiger partial charge >= 0.3 is 0 Å². The number of nitrogens with zero attached hydrogens (tertiary/aromatic N) is 5. The molecule has 2 aromatic heterocycles. The molecule has 0 aliphatic rings. The Morgan fingerprint density at radius 3 is 2.14 bits per heavy atom. The van der Waals surface area contributed by atoms with Crippen LogP contribution in [0.1, 0.15) is 52.8 Å². The summed E-state index contributed by atoms with van der Waals surface area (Å²) >= 11 is 0. The number of non-ortho nitro benzene ring substituents is 1. The van der Waals surface area contributed by atoms with Crippen molar-refractivity contribution in [2.24, 2.45) is 0 Å². The Morgan fingerprint density at radius 2 is 1.57 bits per heavy atom. The van der Waals surface area contributed by atoms with Crippen molar-refractivity contribution in [3.05, 3.63) is 80.3 Å². The van der Waals surface area contributed by atoms with Crippen molar-refractivity contribution in [1.82, 2.24) is 19.6 Å². The van der Waals surface area contributed by atoms with Gasteiger partial charge in [-0.2, -0.15) is 9.78 Å². The maximum absolute atomic E-state index is 13.5. The van der Waals surface area contributed by atoms with E-state index in [0.29, 0.717) is 22.7 Å². The Morgan fingerprint density at radius 1 is 0.914 bits per heavy atom. The second-order valence-electron chi connectivity index (χ2n) is 10.7. The third kappa shape index (κ3) is 4.66. The SMILES string of the molecule is Cc1cc(Nc2nn(-c3ccc(C(C)(C)C)cc3)c(=O)c3cc([N+](=O)[O-])ccc23)n(C(C)(C)C)n1. The molecule has 2 heterocycles. The number of anilines is 2. The van der Waals surface area contributed by atoms with Gasteiger partial charge in [0.25, 0.3) is 11.2 Å². The standard InChI is InChI=1S/C26H30N6O3/c1-16-14-22(31(28-16)26(5,6)7)27-23-20-13-12-19(32(34)35)15-21(20)24(33)30(29-23)18-10-8-17(9-11-18)25(2,3)4/h8-15H,1-7H3,(H,27,29). The quantitative estimate of drug-likeness (QED) is 0.305. The zero-order valence-electron chi connectivity index (χ0n) is 21.1. The fraction of sp³-hybridized carbons (Fsp3) is 0.346. The van der Waals surface area contributed by atoms with Crippen LogP contribution in [-0.4, -0.2) is 24.5 Å². The summed E-state index contributed by atoms with van der Waals surface area (Å²) in [5, 5.41) is 24.7. The fourth-order valence-corrected chi connectivity index (χ4v) is 3.93. The minimum absolute atomic E-state index is 0.0448. The molecule has 0 amide bonds. The van der Waals surface area contributed by atoms with Crippen LogP contribution in [0.25, 0.3) is 16.5 Å². The lowest BCUT2D eigenvalue weighted by molar-refractivity contribution is -0.384. The monoisotopic (exact) mass is 474 g/mol. The molecular weight excluding hydrogens is 444 g/mol. The molecule has 0 spiro atoms. The van der Waals surface area contributed by atoms with Gasteiger partial charge in [0.05, 0.1) is 27.2 Å². The smallest absolute Gasteiger partial charge is 0.279 e. The first-order valence-electron chi connectivity index (χ1n) is 11.4. The predicted molar refractivity (Wildman–Crippen MR) is 138 cm³/mol. The van der Waals surface area contributed by atoms with Gasteiger partial charge in [-0.15, -0.1) is 5.10 Å². The van der Waals surface area contributed by atoms with Crippen molar-refractivity contribution < 1.29 is 4.92 Å². The molecular formula is C26H30N6O3. The molecule has 0 bridgehead atoms. The molecule has 0 fully saturated rings. The lowest BCUT2D eigenvalue weighted by atomic mass is 9.87. The molecule has 1 N–H and O–H groups in total. The van der Waals surface area contributed by atoms with Crippen molar-refractivity contribution in [2.45, 2.75) is 59.4 Å². The molecule has 0 saturated heterocycles. The Kier molecular flexibility index (Phi) is 5.75. The molecule has 0 atom stereocenters. The van der Waals surface area contributed by atoms with Gasteiger partial charge < -0.3 is 5.32 Å². The van der Waals surface area contributed by atoms with Gasteiger partial charge in [0, 0.05) is 23.6 Å². The van der Waals surface area contributed by atoms with E-state index in [4.69, 9.17) is 0 Å². The number of hydrogen-bond acceptors (Lipinski definition) is 6. The van der Waals surface area contributed by atoms with E-state index in [1.807, 2.05) is 62.7 Å². The summed E-state index contributed by atoms with van der Waals surface area (Å²) < 4.78 is 3.14. The molecule has 182 valence electrons. The largest absolute Gasteiger partial charge is 0.323 e. The van der Waals surface area contributed by atoms with E-state index in [-0.39, 0.29) is 22.0 Å². The Bertz CT molecular complexity index is 1490. The van der Waals surface area contributed by atoms with E-state index in [0.717, 1.165) is 11.3 Å². The number of nitro groups is 1. The highest BCUT2D eigenvalue weighted by atomic mass is 16.6. The Hall–Kier alpha value is -4.01. The normalized spacial score (nSPS) is 12.2. The predicted octanol–water partition coefficient (Wildman–Crippen LogP) is 5.59. The van der Waals surface area contributed by atoms with Gasteiger partial charge in [-0.1, -0.05) is 32.9 Å². The summed E-state index contributed by atoms with van der Waals surface area (Å²) in [5.74, 6) is 1.11. The van der Waals surface area contributed by atoms with Crippen molar-refractivity contribution in [3.8, 4) is 5.69 Å². The highest BCUT2D eigenvalue weighted by Crippen LogP contribution is 2.29. The zero-order valence-corrected chi connectivity index (χ0v) is 21.1. The van der Waals surface area contributed by atoms with E-state index in [9.17, 15) is 14.9 Å². The number of aromatic nitrogens is 4. The van der Waals surface area contributed by atoms with Gasteiger partial charge in [0.1, 0.15) is 5.82 Å². The maximum atomic E-state index is 13.5. The minimum atomic E-state index is -0.507. The number of aryl methyl sites for hydroxylation is 1. The number of rotatable bonds is 4. The van der Waals surface area contributed by atoms with Crippen LogP contribution >= 0.6 is 0 Å². The molecule has 35 heavy (non-hydrogen) atoms. The number of nitrogens with one attached hydrogen (secondary N) is 1. The summed E-state index contributed by atoms with van der Waals surface area (Å²) in [5.41, 5.74) is 1.58. The van der Waals surface area contributed by atoms with Crippen molar-refractivity contribution in [2.75, 3.05) is 5.32 Å². The van der Waals surface area contributed by atoms with Crippen LogP contribution in [0.5, 0.6) is 0 Å². The third-order valence-electron chi connectivity index (χ3n) is 5.78. The molecule has 0 unspecified atom stereocenters. The first-order valence-corrected chi connectivity index (χ1v) is 11.4. The van der Waals surface area contributed by atoms with Crippen LogP contribution in [0.3, 0.4) is 0 Å². The van der Waals surface area contributed by atoms with Gasteiger partial charge in [0.2, 0.25) is 0 Å². The second kappa shape index (κ2) is 8.33. The molecule has 4 rings (SSSR count). The minimum Gasteiger partial charge on any atom is -0.323 e. The lowest BCUT2D eigenvalue weighted by Crippen LogP contribution is -2.26. The molecule has 4 aromatic rings. The lowest BCUT2D eigenvalue weighted by Gasteiger charge is -2.23. The van der Waals surface area contributed by atoms with E-state index >= 15 is 0 Å². The molecule has 0 saturated carbocycles. The highest BCUT2D eigenvalue weighted by Gasteiger charge is 2.22. The average Bonchev–Trinajstić information content (AvgIpc) is 3.15. The fourth-order valence-electron chi connectivity index (χ4n) is 3.93. The van der Waals surface area contributed by atoms with Crippen molar-refractivity contribution in [1.29, 1.82) is 0 Å². The van der Waals surface area contributed by atoms with Crippen LogP contribution in [0.4, 0.5) is 17.3 Å². The number of fused-ring (bicyclic) bond motifs is 1. The van der Waals surface area contributed by atoms with Crippen LogP contribution in [0.15, 0.2) is 53.3 Å². The summed E-state index contributed by atoms with van der Waals surface area (Å²) in [6, 6.07) is 13.7. The highest BCUT2D eigenvalue weighted by molar-refractivity contribution is 5.93. The molecule has 0 radical (unpaired) electrons. The molecule has 2 aromatic carbocycles. The third-order valence-corrected chi connectivity index (χ3v) is 5.78. The van der Waals surface area contributed by atoms with Crippen LogP contribution in [0, 0.1) is 17.0 Å². The molecule has 9 heteroatoms. The van der Waals surface area contributed by atoms with Crippen molar-refractivity contribution in [3.63, 3.8) is 0 Å². The topological polar surface area (TPSA) is 108 Å². The number of benzene rings is 2. The summed E-state index contributed by atoms with van der Waals surface area (Å²) in [6.07, 6.45) is 0. The van der Waals surface area contributed by atoms with Crippen LogP contribution in [-0.2, 0) is 11.0 Å². The van der Waals surface area contributed by atoms with Crippen LogP contribution in [0.2, 0.25) is 0 Å². The van der Waals surface area contributed by atoms with Gasteiger partial charge in [-0.05, 0) is 56.9 Å². The second-order valence-corrected chi connectivity index (χ2v) is 10.7. The number of hydrogen-bond donors (Lipinski definition) is 1. The first-order chi connectivity index (χ1) is 16.3. The van der Waals surface area contributed by atoms with Gasteiger partial charge in [-0.25, -0.2) is 4.68 Å².